The summed E-state index contributed by atoms with van der Waals surface area (Å²) in [6, 6.07) is -0.485. The van der Waals surface area contributed by atoms with E-state index in [0.717, 1.165) is 0 Å². The third kappa shape index (κ3) is 2.77. The first-order chi connectivity index (χ1) is 9.28. The van der Waals surface area contributed by atoms with Gasteiger partial charge >= 0.3 is 6.03 Å². The predicted octanol–water partition coefficient (Wildman–Crippen LogP) is 0.00210. The van der Waals surface area contributed by atoms with Gasteiger partial charge < -0.3 is 15.0 Å². The van der Waals surface area contributed by atoms with Crippen LogP contribution in [0.4, 0.5) is 4.79 Å². The van der Waals surface area contributed by atoms with Crippen molar-refractivity contribution in [3.8, 4) is 0 Å². The fraction of sp³-hybridized carbons (Fsp3) is 0.769. The molecule has 7 nitrogen and oxygen atoms in total. The summed E-state index contributed by atoms with van der Waals surface area (Å²) >= 11 is 0. The molecule has 0 bridgehead atoms. The van der Waals surface area contributed by atoms with E-state index < -0.39 is 17.2 Å². The number of ether oxygens (including phenoxy) is 1. The van der Waals surface area contributed by atoms with Crippen LogP contribution in [-0.4, -0.2) is 54.1 Å². The zero-order valence-corrected chi connectivity index (χ0v) is 12.1. The van der Waals surface area contributed by atoms with E-state index in [-0.39, 0.29) is 24.8 Å². The number of amides is 4. The number of carbonyl (C=O) groups excluding carboxylic acids is 3. The molecule has 1 atom stereocenters. The van der Waals surface area contributed by atoms with Gasteiger partial charge in [0.2, 0.25) is 5.91 Å². The predicted molar refractivity (Wildman–Crippen MR) is 70.9 cm³/mol. The quantitative estimate of drug-likeness (QED) is 0.714. The van der Waals surface area contributed by atoms with Gasteiger partial charge in [0.15, 0.2) is 0 Å². The number of methoxy groups -OCH3 is 1. The number of hydrogen-bond donors (Lipinski definition) is 2. The molecule has 2 rings (SSSR count). The Morgan fingerprint density at radius 3 is 2.70 bits per heavy atom. The molecule has 2 N–H and O–H groups in total. The molecule has 0 aliphatic carbocycles. The van der Waals surface area contributed by atoms with Crippen molar-refractivity contribution in [3.05, 3.63) is 0 Å². The molecule has 2 aliphatic heterocycles. The summed E-state index contributed by atoms with van der Waals surface area (Å²) in [7, 11) is 1.57. The Morgan fingerprint density at radius 2 is 2.15 bits per heavy atom. The summed E-state index contributed by atoms with van der Waals surface area (Å²) in [5, 5.41) is 4.90. The molecular formula is C13H21N3O4. The number of likely N-dealkylation sites (tertiary alicyclic amines) is 1. The first kappa shape index (κ1) is 14.8. The molecule has 2 fully saturated rings. The van der Waals surface area contributed by atoms with Gasteiger partial charge in [0.1, 0.15) is 5.54 Å². The zero-order chi connectivity index (χ0) is 15.0. The van der Waals surface area contributed by atoms with Gasteiger partial charge in [-0.05, 0) is 26.7 Å². The molecule has 1 spiro atoms. The number of carbonyl (C=O) groups is 3. The fourth-order valence-electron chi connectivity index (χ4n) is 2.63. The van der Waals surface area contributed by atoms with Gasteiger partial charge in [0.05, 0.1) is 18.6 Å². The van der Waals surface area contributed by atoms with Crippen LogP contribution in [0.2, 0.25) is 0 Å². The number of nitrogens with one attached hydrogen (secondary N) is 2. The molecule has 0 aromatic rings. The summed E-state index contributed by atoms with van der Waals surface area (Å²) in [5.41, 5.74) is -1.49. The van der Waals surface area contributed by atoms with Gasteiger partial charge in [0, 0.05) is 13.7 Å². The van der Waals surface area contributed by atoms with E-state index >= 15 is 0 Å². The average Bonchev–Trinajstić information content (AvgIpc) is 2.63. The number of piperidine rings is 1. The van der Waals surface area contributed by atoms with Crippen LogP contribution < -0.4 is 10.6 Å². The number of urea groups is 1. The molecule has 20 heavy (non-hydrogen) atoms. The Bertz CT molecular complexity index is 449. The van der Waals surface area contributed by atoms with Gasteiger partial charge in [-0.15, -0.1) is 0 Å². The number of hydrogen-bond acceptors (Lipinski definition) is 4. The molecular weight excluding hydrogens is 262 g/mol. The van der Waals surface area contributed by atoms with Crippen LogP contribution in [0.3, 0.4) is 0 Å². The van der Waals surface area contributed by atoms with E-state index in [4.69, 9.17) is 4.74 Å². The first-order valence-electron chi connectivity index (χ1n) is 6.75. The third-order valence-electron chi connectivity index (χ3n) is 3.99. The second kappa shape index (κ2) is 5.05. The maximum absolute atomic E-state index is 12.3. The highest BCUT2D eigenvalue weighted by molar-refractivity contribution is 6.07. The minimum Gasteiger partial charge on any atom is -0.378 e. The molecule has 0 aromatic heterocycles. The lowest BCUT2D eigenvalue weighted by atomic mass is 9.88. The van der Waals surface area contributed by atoms with Crippen molar-refractivity contribution >= 4 is 17.8 Å². The Kier molecular flexibility index (Phi) is 3.73. The second-order valence-corrected chi connectivity index (χ2v) is 6.05. The molecule has 7 heteroatoms. The zero-order valence-electron chi connectivity index (χ0n) is 12.1. The van der Waals surface area contributed by atoms with Gasteiger partial charge in [0.25, 0.3) is 5.91 Å². The number of rotatable bonds is 3. The topological polar surface area (TPSA) is 87.7 Å². The smallest absolute Gasteiger partial charge is 0.322 e. The lowest BCUT2D eigenvalue weighted by Gasteiger charge is -2.39. The van der Waals surface area contributed by atoms with E-state index in [1.54, 1.807) is 12.0 Å². The summed E-state index contributed by atoms with van der Waals surface area (Å²) in [4.78, 5) is 37.2. The molecule has 0 radical (unpaired) electrons. The highest BCUT2D eigenvalue weighted by Crippen LogP contribution is 2.26. The molecule has 2 saturated heterocycles. The van der Waals surface area contributed by atoms with Crippen LogP contribution in [0.1, 0.15) is 33.1 Å². The van der Waals surface area contributed by atoms with Crippen molar-refractivity contribution in [2.24, 2.45) is 0 Å². The normalized spacial score (nSPS) is 26.6. The summed E-state index contributed by atoms with van der Waals surface area (Å²) in [6.45, 7) is 4.51. The van der Waals surface area contributed by atoms with E-state index in [1.807, 2.05) is 13.8 Å². The van der Waals surface area contributed by atoms with E-state index in [2.05, 4.69) is 10.6 Å². The monoisotopic (exact) mass is 283 g/mol. The minimum absolute atomic E-state index is 0.0649. The highest BCUT2D eigenvalue weighted by atomic mass is 16.5. The average molecular weight is 283 g/mol. The van der Waals surface area contributed by atoms with Crippen molar-refractivity contribution < 1.29 is 19.1 Å². The lowest BCUT2D eigenvalue weighted by Crippen LogP contribution is -2.60. The van der Waals surface area contributed by atoms with Gasteiger partial charge in [-0.2, -0.15) is 0 Å². The summed E-state index contributed by atoms with van der Waals surface area (Å²) < 4.78 is 5.26. The summed E-state index contributed by atoms with van der Waals surface area (Å²) in [6.07, 6.45) is 1.49. The minimum atomic E-state index is -0.956. The largest absolute Gasteiger partial charge is 0.378 e. The van der Waals surface area contributed by atoms with Crippen LogP contribution in [0.5, 0.6) is 0 Å². The lowest BCUT2D eigenvalue weighted by molar-refractivity contribution is -0.140. The number of nitrogens with zero attached hydrogens (tertiary/aromatic N) is 1. The Balaban J connectivity index is 2.06. The molecule has 0 aromatic carbocycles. The fourth-order valence-corrected chi connectivity index (χ4v) is 2.63. The van der Waals surface area contributed by atoms with Gasteiger partial charge in [-0.3, -0.25) is 14.9 Å². The first-order valence-corrected chi connectivity index (χ1v) is 6.75. The van der Waals surface area contributed by atoms with Crippen molar-refractivity contribution in [2.75, 3.05) is 20.2 Å². The molecule has 2 aliphatic rings. The van der Waals surface area contributed by atoms with Crippen molar-refractivity contribution in [2.45, 2.75) is 44.2 Å². The van der Waals surface area contributed by atoms with Crippen LogP contribution in [0.25, 0.3) is 0 Å². The van der Waals surface area contributed by atoms with Gasteiger partial charge in [-0.1, -0.05) is 0 Å². The molecule has 2 heterocycles. The SMILES string of the molecule is COC(C)(C)CC(=O)N1CCCC2(C1)NC(=O)NC2=O. The third-order valence-corrected chi connectivity index (χ3v) is 3.99. The standard InChI is InChI=1S/C13H21N3O4/c1-12(2,20-3)7-9(17)16-6-4-5-13(8-16)10(18)14-11(19)15-13/h4-8H2,1-3H3,(H2,14,15,18,19). The highest BCUT2D eigenvalue weighted by Gasteiger charge is 2.49. The molecule has 112 valence electrons. The Labute approximate surface area is 118 Å². The van der Waals surface area contributed by atoms with E-state index in [1.165, 1.54) is 0 Å². The molecule has 4 amide bonds. The molecule has 1 unspecified atom stereocenters. The van der Waals surface area contributed by atoms with Crippen LogP contribution in [0.15, 0.2) is 0 Å². The molecule has 0 saturated carbocycles. The van der Waals surface area contributed by atoms with Crippen molar-refractivity contribution in [1.82, 2.24) is 15.5 Å². The van der Waals surface area contributed by atoms with Crippen molar-refractivity contribution in [3.63, 3.8) is 0 Å². The Morgan fingerprint density at radius 1 is 1.45 bits per heavy atom. The van der Waals surface area contributed by atoms with Crippen LogP contribution >= 0.6 is 0 Å². The van der Waals surface area contributed by atoms with E-state index in [9.17, 15) is 14.4 Å². The summed E-state index contributed by atoms with van der Waals surface area (Å²) in [5.74, 6) is -0.407. The number of imide groups is 1. The van der Waals surface area contributed by atoms with Crippen LogP contribution in [-0.2, 0) is 14.3 Å². The Hall–Kier alpha value is -1.63. The van der Waals surface area contributed by atoms with Crippen molar-refractivity contribution in [1.29, 1.82) is 0 Å². The maximum atomic E-state index is 12.3. The van der Waals surface area contributed by atoms with Crippen LogP contribution in [0, 0.1) is 0 Å². The van der Waals surface area contributed by atoms with E-state index in [0.29, 0.717) is 19.4 Å². The maximum Gasteiger partial charge on any atom is 0.322 e. The second-order valence-electron chi connectivity index (χ2n) is 6.05. The van der Waals surface area contributed by atoms with Gasteiger partial charge in [-0.25, -0.2) is 4.79 Å².